The van der Waals surface area contributed by atoms with Gasteiger partial charge in [-0.05, 0) is 42.5 Å². The molecule has 0 spiro atoms. The molecule has 0 bridgehead atoms. The van der Waals surface area contributed by atoms with E-state index in [1.807, 2.05) is 19.1 Å². The van der Waals surface area contributed by atoms with Crippen LogP contribution >= 0.6 is 0 Å². The van der Waals surface area contributed by atoms with E-state index in [1.54, 1.807) is 7.11 Å². The molecule has 0 aliphatic rings. The van der Waals surface area contributed by atoms with E-state index in [2.05, 4.69) is 30.2 Å². The fourth-order valence-electron chi connectivity index (χ4n) is 1.75. The van der Waals surface area contributed by atoms with Crippen molar-refractivity contribution < 1.29 is 4.74 Å². The number of nitrogens with one attached hydrogen (secondary N) is 1. The van der Waals surface area contributed by atoms with E-state index in [-0.39, 0.29) is 0 Å². The summed E-state index contributed by atoms with van der Waals surface area (Å²) in [4.78, 5) is 4.34. The van der Waals surface area contributed by atoms with Crippen molar-refractivity contribution in [2.75, 3.05) is 13.7 Å². The van der Waals surface area contributed by atoms with Gasteiger partial charge in [-0.15, -0.1) is 0 Å². The number of nitrogens with zero attached hydrogens (tertiary/aromatic N) is 1. The molecule has 1 aromatic carbocycles. The molecule has 0 unspecified atom stereocenters. The second kappa shape index (κ2) is 7.67. The van der Waals surface area contributed by atoms with Crippen LogP contribution in [0.15, 0.2) is 23.2 Å². The molecule has 0 aliphatic heterocycles. The fraction of sp³-hybridized carbons (Fsp3) is 0.533. The first-order valence-corrected chi connectivity index (χ1v) is 6.69. The van der Waals surface area contributed by atoms with Gasteiger partial charge in [-0.3, -0.25) is 0 Å². The van der Waals surface area contributed by atoms with Gasteiger partial charge in [-0.1, -0.05) is 19.9 Å². The molecule has 0 saturated carbocycles. The number of nitrogens with two attached hydrogens (primary N) is 1. The minimum absolute atomic E-state index is 0.501. The van der Waals surface area contributed by atoms with Crippen molar-refractivity contribution in [3.05, 3.63) is 29.3 Å². The van der Waals surface area contributed by atoms with Gasteiger partial charge >= 0.3 is 0 Å². The van der Waals surface area contributed by atoms with Gasteiger partial charge in [0.1, 0.15) is 5.75 Å². The average molecular weight is 263 g/mol. The Kier molecular flexibility index (Phi) is 6.19. The van der Waals surface area contributed by atoms with E-state index in [0.29, 0.717) is 18.4 Å². The van der Waals surface area contributed by atoms with Gasteiger partial charge in [0, 0.05) is 6.54 Å². The van der Waals surface area contributed by atoms with Crippen LogP contribution in [-0.2, 0) is 6.54 Å². The van der Waals surface area contributed by atoms with Crippen LogP contribution < -0.4 is 15.8 Å². The monoisotopic (exact) mass is 263 g/mol. The third-order valence-corrected chi connectivity index (χ3v) is 2.81. The van der Waals surface area contributed by atoms with Gasteiger partial charge in [-0.2, -0.15) is 0 Å². The lowest BCUT2D eigenvalue weighted by atomic mass is 10.1. The van der Waals surface area contributed by atoms with Gasteiger partial charge in [0.15, 0.2) is 5.96 Å². The van der Waals surface area contributed by atoms with Crippen LogP contribution in [-0.4, -0.2) is 19.6 Å². The van der Waals surface area contributed by atoms with E-state index in [9.17, 15) is 0 Å². The molecule has 1 rings (SSSR count). The van der Waals surface area contributed by atoms with Crippen LogP contribution in [0.1, 0.15) is 31.4 Å². The lowest BCUT2D eigenvalue weighted by Crippen LogP contribution is -2.32. The average Bonchev–Trinajstić information content (AvgIpc) is 2.35. The first kappa shape index (κ1) is 15.3. The maximum absolute atomic E-state index is 5.82. The largest absolute Gasteiger partial charge is 0.497 e. The molecule has 19 heavy (non-hydrogen) atoms. The lowest BCUT2D eigenvalue weighted by Gasteiger charge is -2.08. The molecule has 0 radical (unpaired) electrons. The Labute approximate surface area is 116 Å². The number of guanidine groups is 1. The molecule has 0 aromatic heterocycles. The molecule has 4 heteroatoms. The predicted molar refractivity (Wildman–Crippen MR) is 80.5 cm³/mol. The second-order valence-electron chi connectivity index (χ2n) is 5.17. The van der Waals surface area contributed by atoms with Gasteiger partial charge in [0.25, 0.3) is 0 Å². The van der Waals surface area contributed by atoms with Crippen LogP contribution in [0, 0.1) is 12.8 Å². The molecule has 106 valence electrons. The molecule has 1 aromatic rings. The standard InChI is InChI=1S/C15H25N3O/c1-11(2)5-6-17-15(16)18-10-13-7-12(3)8-14(9-13)19-4/h7-9,11H,5-6,10H2,1-4H3,(H3,16,17,18). The van der Waals surface area contributed by atoms with Crippen molar-refractivity contribution in [2.45, 2.75) is 33.7 Å². The fourth-order valence-corrected chi connectivity index (χ4v) is 1.75. The molecule has 0 heterocycles. The number of hydrogen-bond donors (Lipinski definition) is 2. The Hall–Kier alpha value is -1.71. The maximum Gasteiger partial charge on any atom is 0.188 e. The molecule has 0 saturated heterocycles. The van der Waals surface area contributed by atoms with Crippen molar-refractivity contribution in [2.24, 2.45) is 16.6 Å². The maximum atomic E-state index is 5.82. The number of benzene rings is 1. The number of rotatable bonds is 6. The summed E-state index contributed by atoms with van der Waals surface area (Å²) in [7, 11) is 1.67. The highest BCUT2D eigenvalue weighted by atomic mass is 16.5. The Balaban J connectivity index is 2.52. The van der Waals surface area contributed by atoms with E-state index in [4.69, 9.17) is 10.5 Å². The van der Waals surface area contributed by atoms with Crippen LogP contribution in [0.3, 0.4) is 0 Å². The van der Waals surface area contributed by atoms with E-state index in [0.717, 1.165) is 29.8 Å². The molecule has 0 aliphatic carbocycles. The molecule has 0 fully saturated rings. The number of hydrogen-bond acceptors (Lipinski definition) is 2. The highest BCUT2D eigenvalue weighted by Crippen LogP contribution is 2.16. The summed E-state index contributed by atoms with van der Waals surface area (Å²) in [5, 5.41) is 3.12. The van der Waals surface area contributed by atoms with E-state index in [1.165, 1.54) is 0 Å². The van der Waals surface area contributed by atoms with Crippen molar-refractivity contribution in [1.82, 2.24) is 5.32 Å². The first-order chi connectivity index (χ1) is 9.01. The number of aryl methyl sites for hydroxylation is 1. The Morgan fingerprint density at radius 2 is 2.11 bits per heavy atom. The molecular formula is C15H25N3O. The van der Waals surface area contributed by atoms with Crippen LogP contribution in [0.5, 0.6) is 5.75 Å². The molecule has 3 N–H and O–H groups in total. The second-order valence-corrected chi connectivity index (χ2v) is 5.17. The van der Waals surface area contributed by atoms with Gasteiger partial charge in [-0.25, -0.2) is 4.99 Å². The molecule has 0 atom stereocenters. The third-order valence-electron chi connectivity index (χ3n) is 2.81. The highest BCUT2D eigenvalue weighted by molar-refractivity contribution is 5.77. The smallest absolute Gasteiger partial charge is 0.188 e. The van der Waals surface area contributed by atoms with Gasteiger partial charge < -0.3 is 15.8 Å². The quantitative estimate of drug-likeness (QED) is 0.612. The zero-order chi connectivity index (χ0) is 14.3. The summed E-state index contributed by atoms with van der Waals surface area (Å²) in [6, 6.07) is 6.07. The zero-order valence-corrected chi connectivity index (χ0v) is 12.4. The number of aliphatic imine (C=N–C) groups is 1. The summed E-state index contributed by atoms with van der Waals surface area (Å²) in [6.07, 6.45) is 1.09. The topological polar surface area (TPSA) is 59.6 Å². The Morgan fingerprint density at radius 1 is 1.37 bits per heavy atom. The van der Waals surface area contributed by atoms with Crippen molar-refractivity contribution >= 4 is 5.96 Å². The van der Waals surface area contributed by atoms with Crippen molar-refractivity contribution in [3.63, 3.8) is 0 Å². The van der Waals surface area contributed by atoms with Gasteiger partial charge in [0.05, 0.1) is 13.7 Å². The van der Waals surface area contributed by atoms with Crippen LogP contribution in [0.4, 0.5) is 0 Å². The molecule has 4 nitrogen and oxygen atoms in total. The summed E-state index contributed by atoms with van der Waals surface area (Å²) in [6.45, 7) is 7.85. The van der Waals surface area contributed by atoms with E-state index >= 15 is 0 Å². The number of methoxy groups -OCH3 is 1. The Bertz CT molecular complexity index is 427. The number of ether oxygens (including phenoxy) is 1. The molecular weight excluding hydrogens is 238 g/mol. The van der Waals surface area contributed by atoms with Gasteiger partial charge in [0.2, 0.25) is 0 Å². The Morgan fingerprint density at radius 3 is 2.74 bits per heavy atom. The summed E-state index contributed by atoms with van der Waals surface area (Å²) in [5.41, 5.74) is 8.09. The predicted octanol–water partition coefficient (Wildman–Crippen LogP) is 2.45. The van der Waals surface area contributed by atoms with E-state index < -0.39 is 0 Å². The highest BCUT2D eigenvalue weighted by Gasteiger charge is 1.99. The SMILES string of the molecule is COc1cc(C)cc(CN=C(N)NCCC(C)C)c1. The first-order valence-electron chi connectivity index (χ1n) is 6.69. The minimum atomic E-state index is 0.501. The third kappa shape index (κ3) is 6.13. The van der Waals surface area contributed by atoms with Crippen molar-refractivity contribution in [1.29, 1.82) is 0 Å². The lowest BCUT2D eigenvalue weighted by molar-refractivity contribution is 0.414. The van der Waals surface area contributed by atoms with Crippen LogP contribution in [0.2, 0.25) is 0 Å². The minimum Gasteiger partial charge on any atom is -0.497 e. The van der Waals surface area contributed by atoms with Crippen LogP contribution in [0.25, 0.3) is 0 Å². The summed E-state index contributed by atoms with van der Waals surface area (Å²) in [5.74, 6) is 2.03. The normalized spacial score (nSPS) is 11.7. The summed E-state index contributed by atoms with van der Waals surface area (Å²) < 4.78 is 5.24. The summed E-state index contributed by atoms with van der Waals surface area (Å²) >= 11 is 0. The zero-order valence-electron chi connectivity index (χ0n) is 12.4. The van der Waals surface area contributed by atoms with Crippen molar-refractivity contribution in [3.8, 4) is 5.75 Å². The molecule has 0 amide bonds.